The molecule has 5 N–H and O–H groups in total. The fourth-order valence-electron chi connectivity index (χ4n) is 4.56. The van der Waals surface area contributed by atoms with Crippen molar-refractivity contribution >= 4 is 23.1 Å². The summed E-state index contributed by atoms with van der Waals surface area (Å²) in [4.78, 5) is 37.1. The number of ketones is 3. The van der Waals surface area contributed by atoms with E-state index in [2.05, 4.69) is 0 Å². The summed E-state index contributed by atoms with van der Waals surface area (Å²) in [5.41, 5.74) is 2.13. The molecule has 156 valence electrons. The molecule has 1 aromatic carbocycles. The van der Waals surface area contributed by atoms with E-state index in [-0.39, 0.29) is 68.0 Å². The van der Waals surface area contributed by atoms with Gasteiger partial charge in [-0.05, 0) is 62.1 Å². The number of carbonyl (C=O) groups excluding carboxylic acids is 3. The summed E-state index contributed by atoms with van der Waals surface area (Å²) in [5.74, 6) is -3.32. The van der Waals surface area contributed by atoms with E-state index in [0.29, 0.717) is 12.8 Å². The van der Waals surface area contributed by atoms with Crippen LogP contribution in [0.1, 0.15) is 45.7 Å². The summed E-state index contributed by atoms with van der Waals surface area (Å²) in [5, 5.41) is 30.4. The Balaban J connectivity index is 0.00000280. The number of Topliss-reactive ketones (excluding diaryl/α,β-unsaturated/α-hetero) is 3. The second-order valence-corrected chi connectivity index (χ2v) is 7.61. The summed E-state index contributed by atoms with van der Waals surface area (Å²) in [7, 11) is 0. The first-order valence-corrected chi connectivity index (χ1v) is 9.18. The fraction of sp³-hybridized carbons (Fsp3) is 0.476. The van der Waals surface area contributed by atoms with Gasteiger partial charge in [0.25, 0.3) is 0 Å². The van der Waals surface area contributed by atoms with Gasteiger partial charge in [-0.25, -0.2) is 0 Å². The van der Waals surface area contributed by atoms with Gasteiger partial charge < -0.3 is 20.8 Å². The minimum atomic E-state index is -1.04. The lowest BCUT2D eigenvalue weighted by Crippen LogP contribution is -2.43. The third-order valence-electron chi connectivity index (χ3n) is 5.75. The van der Waals surface area contributed by atoms with Crippen molar-refractivity contribution < 1.29 is 38.0 Å². The molecular weight excluding hydrogens is 364 g/mol. The molecule has 28 heavy (non-hydrogen) atoms. The lowest BCUT2D eigenvalue weighted by Gasteiger charge is -2.39. The van der Waals surface area contributed by atoms with E-state index in [1.165, 1.54) is 13.0 Å². The van der Waals surface area contributed by atoms with Crippen molar-refractivity contribution in [3.8, 4) is 5.75 Å². The largest absolute Gasteiger partial charge is 0.507 e. The van der Waals surface area contributed by atoms with Gasteiger partial charge in [-0.3, -0.25) is 14.4 Å². The van der Waals surface area contributed by atoms with Gasteiger partial charge in [-0.1, -0.05) is 6.07 Å². The minimum absolute atomic E-state index is 0. The molecule has 7 heteroatoms. The zero-order chi connectivity index (χ0) is 19.9. The standard InChI is InChI=1S/C21H24O6.H2O.2H2/c1-10-3-4-15(24)19-14(10)9-13-8-12(5-6-22)17(16(25)7-11(2)23)20(26)18(13)21(19)27;;;/h3-4,12-13,17,22,24,27H,5-9H2,1-2H3;1H2;2*1H. The van der Waals surface area contributed by atoms with Crippen LogP contribution in [-0.4, -0.2) is 44.8 Å². The highest BCUT2D eigenvalue weighted by atomic mass is 16.3. The number of allylic oxidation sites excluding steroid dienone is 1. The molecule has 3 atom stereocenters. The SMILES string of the molecule is CC(=O)CC(=O)C1C(=O)C2=C(O)c3c(O)ccc(C)c3CC2CC1CCO.O.[HH].[HH]. The summed E-state index contributed by atoms with van der Waals surface area (Å²) in [6, 6.07) is 3.24. The van der Waals surface area contributed by atoms with Gasteiger partial charge in [0.05, 0.1) is 17.9 Å². The van der Waals surface area contributed by atoms with Crippen LogP contribution in [0.15, 0.2) is 17.7 Å². The van der Waals surface area contributed by atoms with Gasteiger partial charge >= 0.3 is 0 Å². The Morgan fingerprint density at radius 2 is 1.93 bits per heavy atom. The minimum Gasteiger partial charge on any atom is -0.507 e. The van der Waals surface area contributed by atoms with Crippen LogP contribution in [0.25, 0.3) is 5.76 Å². The predicted octanol–water partition coefficient (Wildman–Crippen LogP) is 1.95. The molecule has 0 aliphatic heterocycles. The monoisotopic (exact) mass is 394 g/mol. The lowest BCUT2D eigenvalue weighted by atomic mass is 9.63. The van der Waals surface area contributed by atoms with Crippen molar-refractivity contribution in [1.29, 1.82) is 0 Å². The number of hydrogen-bond acceptors (Lipinski definition) is 6. The normalized spacial score (nSPS) is 23.5. The highest BCUT2D eigenvalue weighted by Gasteiger charge is 2.47. The van der Waals surface area contributed by atoms with Gasteiger partial charge in [0.2, 0.25) is 0 Å². The first-order chi connectivity index (χ1) is 12.8. The Kier molecular flexibility index (Phi) is 6.41. The topological polar surface area (TPSA) is 143 Å². The number of aryl methyl sites for hydroxylation is 1. The Bertz CT molecular complexity index is 863. The summed E-state index contributed by atoms with van der Waals surface area (Å²) in [6.07, 6.45) is 0.902. The zero-order valence-electron chi connectivity index (χ0n) is 16.0. The second kappa shape index (κ2) is 8.24. The van der Waals surface area contributed by atoms with E-state index < -0.39 is 17.5 Å². The number of phenolic OH excluding ortho intramolecular Hbond substituents is 1. The number of fused-ring (bicyclic) bond motifs is 2. The summed E-state index contributed by atoms with van der Waals surface area (Å²) >= 11 is 0. The molecule has 0 heterocycles. The molecule has 7 nitrogen and oxygen atoms in total. The number of hydrogen-bond donors (Lipinski definition) is 3. The molecule has 2 aliphatic carbocycles. The smallest absolute Gasteiger partial charge is 0.173 e. The third kappa shape index (κ3) is 3.59. The average Bonchev–Trinajstić information content (AvgIpc) is 2.57. The molecule has 1 aromatic rings. The lowest BCUT2D eigenvalue weighted by molar-refractivity contribution is -0.137. The molecule has 0 saturated heterocycles. The first-order valence-electron chi connectivity index (χ1n) is 9.18. The molecule has 0 bridgehead atoms. The van der Waals surface area contributed by atoms with Crippen LogP contribution in [0.3, 0.4) is 0 Å². The zero-order valence-corrected chi connectivity index (χ0v) is 16.0. The number of rotatable bonds is 5. The molecule has 0 spiro atoms. The average molecular weight is 394 g/mol. The second-order valence-electron chi connectivity index (χ2n) is 7.61. The van der Waals surface area contributed by atoms with Crippen LogP contribution < -0.4 is 0 Å². The summed E-state index contributed by atoms with van der Waals surface area (Å²) in [6.45, 7) is 3.02. The third-order valence-corrected chi connectivity index (χ3v) is 5.75. The molecule has 1 fully saturated rings. The van der Waals surface area contributed by atoms with E-state index >= 15 is 0 Å². The maximum atomic E-state index is 13.2. The van der Waals surface area contributed by atoms with Crippen LogP contribution in [0.2, 0.25) is 0 Å². The van der Waals surface area contributed by atoms with Crippen LogP contribution in [0.4, 0.5) is 0 Å². The number of aromatic hydroxyl groups is 1. The van der Waals surface area contributed by atoms with E-state index in [0.717, 1.165) is 11.1 Å². The molecule has 3 rings (SSSR count). The molecule has 3 unspecified atom stereocenters. The highest BCUT2D eigenvalue weighted by molar-refractivity contribution is 6.17. The van der Waals surface area contributed by atoms with Gasteiger partial charge in [-0.15, -0.1) is 0 Å². The Labute approximate surface area is 166 Å². The van der Waals surface area contributed by atoms with Crippen molar-refractivity contribution in [3.05, 3.63) is 34.4 Å². The quantitative estimate of drug-likeness (QED) is 0.651. The van der Waals surface area contributed by atoms with E-state index in [1.807, 2.05) is 6.92 Å². The summed E-state index contributed by atoms with van der Waals surface area (Å²) < 4.78 is 0. The van der Waals surface area contributed by atoms with E-state index in [1.54, 1.807) is 6.07 Å². The fourth-order valence-corrected chi connectivity index (χ4v) is 4.56. The predicted molar refractivity (Wildman–Crippen MR) is 106 cm³/mol. The Hall–Kier alpha value is -2.51. The van der Waals surface area contributed by atoms with Crippen molar-refractivity contribution in [2.75, 3.05) is 6.61 Å². The Morgan fingerprint density at radius 3 is 2.54 bits per heavy atom. The van der Waals surface area contributed by atoms with E-state index in [9.17, 15) is 29.7 Å². The van der Waals surface area contributed by atoms with Gasteiger partial charge in [0.15, 0.2) is 11.6 Å². The van der Waals surface area contributed by atoms with Gasteiger partial charge in [0, 0.05) is 15.0 Å². The molecule has 0 aromatic heterocycles. The van der Waals surface area contributed by atoms with Crippen LogP contribution in [-0.2, 0) is 20.8 Å². The number of aliphatic hydroxyl groups excluding tert-OH is 2. The van der Waals surface area contributed by atoms with Crippen molar-refractivity contribution in [1.82, 2.24) is 0 Å². The van der Waals surface area contributed by atoms with Crippen LogP contribution in [0.5, 0.6) is 5.75 Å². The Morgan fingerprint density at radius 1 is 1.25 bits per heavy atom. The maximum Gasteiger partial charge on any atom is 0.173 e. The molecule has 0 radical (unpaired) electrons. The van der Waals surface area contributed by atoms with E-state index in [4.69, 9.17) is 0 Å². The molecular formula is C21H30O7. The highest BCUT2D eigenvalue weighted by Crippen LogP contribution is 2.47. The molecule has 2 aliphatic rings. The van der Waals surface area contributed by atoms with Gasteiger partial charge in [-0.2, -0.15) is 0 Å². The molecule has 0 amide bonds. The number of aliphatic hydroxyl groups is 2. The van der Waals surface area contributed by atoms with Crippen molar-refractivity contribution in [2.45, 2.75) is 39.5 Å². The van der Waals surface area contributed by atoms with Crippen LogP contribution in [0, 0.1) is 24.7 Å². The maximum absolute atomic E-state index is 13.2. The van der Waals surface area contributed by atoms with Crippen molar-refractivity contribution in [3.63, 3.8) is 0 Å². The van der Waals surface area contributed by atoms with Gasteiger partial charge in [0.1, 0.15) is 17.3 Å². The van der Waals surface area contributed by atoms with Crippen molar-refractivity contribution in [2.24, 2.45) is 17.8 Å². The number of carbonyl (C=O) groups is 3. The first kappa shape index (κ1) is 21.8. The molecule has 1 saturated carbocycles. The number of phenols is 1. The number of benzene rings is 1. The van der Waals surface area contributed by atoms with Crippen LogP contribution >= 0.6 is 0 Å².